The molecule has 28 heavy (non-hydrogen) atoms. The van der Waals surface area contributed by atoms with Gasteiger partial charge in [0.15, 0.2) is 4.80 Å². The van der Waals surface area contributed by atoms with Gasteiger partial charge in [0.2, 0.25) is 5.72 Å². The highest BCUT2D eigenvalue weighted by Gasteiger charge is 2.53. The minimum atomic E-state index is -1.03. The molecule has 0 fully saturated rings. The van der Waals surface area contributed by atoms with E-state index in [1.54, 1.807) is 15.4 Å². The Hall–Kier alpha value is -3.00. The minimum absolute atomic E-state index is 0.0488. The first-order chi connectivity index (χ1) is 13.4. The van der Waals surface area contributed by atoms with Crippen molar-refractivity contribution in [2.24, 2.45) is 18.0 Å². The second-order valence-electron chi connectivity index (χ2n) is 7.36. The average Bonchev–Trinajstić information content (AvgIpc) is 3.16. The summed E-state index contributed by atoms with van der Waals surface area (Å²) in [6, 6.07) is 7.12. The molecule has 4 heterocycles. The van der Waals surface area contributed by atoms with E-state index >= 15 is 0 Å². The third-order valence-electron chi connectivity index (χ3n) is 5.34. The Morgan fingerprint density at radius 3 is 2.86 bits per heavy atom. The van der Waals surface area contributed by atoms with Gasteiger partial charge in [-0.1, -0.05) is 29.5 Å². The molecule has 3 atom stereocenters. The lowest BCUT2D eigenvalue weighted by atomic mass is 9.79. The van der Waals surface area contributed by atoms with Crippen molar-refractivity contribution in [1.29, 1.82) is 0 Å². The molecule has 0 spiro atoms. The molecule has 0 radical (unpaired) electrons. The van der Waals surface area contributed by atoms with Crippen LogP contribution in [0.1, 0.15) is 31.0 Å². The van der Waals surface area contributed by atoms with Crippen molar-refractivity contribution < 1.29 is 9.53 Å². The van der Waals surface area contributed by atoms with Crippen LogP contribution in [-0.4, -0.2) is 25.9 Å². The van der Waals surface area contributed by atoms with Gasteiger partial charge in [-0.15, -0.1) is 0 Å². The first kappa shape index (κ1) is 17.1. The van der Waals surface area contributed by atoms with Gasteiger partial charge in [-0.05, 0) is 26.0 Å². The maximum absolute atomic E-state index is 13.3. The molecule has 0 saturated carbocycles. The van der Waals surface area contributed by atoms with Crippen molar-refractivity contribution >= 4 is 23.2 Å². The second kappa shape index (κ2) is 5.75. The van der Waals surface area contributed by atoms with Gasteiger partial charge in [0.05, 0.1) is 16.8 Å². The second-order valence-corrected chi connectivity index (χ2v) is 8.36. The Balaban J connectivity index is 1.82. The molecular formula is C20H18N4O3S. The van der Waals surface area contributed by atoms with Crippen molar-refractivity contribution in [2.45, 2.75) is 25.6 Å². The molecule has 5 rings (SSSR count). The molecule has 8 heteroatoms. The van der Waals surface area contributed by atoms with Gasteiger partial charge in [0.25, 0.3) is 5.56 Å². The number of Topliss-reactive ketones (excluding diaryl/α,β-unsaturated/α-hetero) is 1. The van der Waals surface area contributed by atoms with Crippen LogP contribution >= 0.6 is 11.3 Å². The van der Waals surface area contributed by atoms with Crippen LogP contribution in [0.3, 0.4) is 0 Å². The zero-order chi connectivity index (χ0) is 19.6. The molecule has 0 N–H and O–H groups in total. The van der Waals surface area contributed by atoms with Gasteiger partial charge in [0.1, 0.15) is 17.5 Å². The lowest BCUT2D eigenvalue weighted by molar-refractivity contribution is -0.132. The van der Waals surface area contributed by atoms with Crippen LogP contribution in [0.15, 0.2) is 46.4 Å². The predicted octanol–water partition coefficient (Wildman–Crippen LogP) is 1.01. The van der Waals surface area contributed by atoms with Gasteiger partial charge in [-0.2, -0.15) is 5.10 Å². The number of ether oxygens (including phenoxy) is 1. The van der Waals surface area contributed by atoms with E-state index in [2.05, 4.69) is 5.10 Å². The Morgan fingerprint density at radius 2 is 2.14 bits per heavy atom. The number of ketones is 1. The number of rotatable bonds is 2. The fraction of sp³-hybridized carbons (Fsp3) is 0.300. The molecule has 0 amide bonds. The normalized spacial score (nSPS) is 25.5. The molecule has 1 aromatic carbocycles. The molecule has 2 aliphatic rings. The molecule has 0 aliphatic carbocycles. The van der Waals surface area contributed by atoms with E-state index in [0.29, 0.717) is 15.1 Å². The van der Waals surface area contributed by atoms with Crippen LogP contribution in [0.25, 0.3) is 6.08 Å². The summed E-state index contributed by atoms with van der Waals surface area (Å²) < 4.78 is 10.1. The third kappa shape index (κ3) is 2.34. The van der Waals surface area contributed by atoms with Gasteiger partial charge >= 0.3 is 0 Å². The van der Waals surface area contributed by atoms with E-state index in [4.69, 9.17) is 9.73 Å². The molecule has 0 saturated heterocycles. The molecule has 2 aliphatic heterocycles. The molecule has 7 nitrogen and oxygen atoms in total. The summed E-state index contributed by atoms with van der Waals surface area (Å²) >= 11 is 1.31. The topological polar surface area (TPSA) is 78.5 Å². The highest BCUT2D eigenvalue weighted by Crippen LogP contribution is 2.47. The first-order valence-corrected chi connectivity index (χ1v) is 9.79. The summed E-state index contributed by atoms with van der Waals surface area (Å²) in [5.74, 6) is 0.0542. The average molecular weight is 394 g/mol. The number of aryl methyl sites for hydroxylation is 1. The maximum atomic E-state index is 13.3. The quantitative estimate of drug-likeness (QED) is 0.650. The molecule has 0 unspecified atom stereocenters. The van der Waals surface area contributed by atoms with Crippen LogP contribution in [0.5, 0.6) is 5.75 Å². The first-order valence-electron chi connectivity index (χ1n) is 8.97. The predicted molar refractivity (Wildman–Crippen MR) is 104 cm³/mol. The lowest BCUT2D eigenvalue weighted by Crippen LogP contribution is -2.58. The largest absolute Gasteiger partial charge is 0.465 e. The minimum Gasteiger partial charge on any atom is -0.465 e. The molecule has 2 aromatic heterocycles. The summed E-state index contributed by atoms with van der Waals surface area (Å²) in [5.41, 5.74) is 0.493. The fourth-order valence-electron chi connectivity index (χ4n) is 4.22. The van der Waals surface area contributed by atoms with Crippen LogP contribution in [0.2, 0.25) is 0 Å². The van der Waals surface area contributed by atoms with Crippen molar-refractivity contribution in [3.05, 3.63) is 67.5 Å². The zero-order valence-corrected chi connectivity index (χ0v) is 16.4. The monoisotopic (exact) mass is 394 g/mol. The van der Waals surface area contributed by atoms with E-state index in [0.717, 1.165) is 11.1 Å². The van der Waals surface area contributed by atoms with Gasteiger partial charge < -0.3 is 4.74 Å². The Labute approximate surface area is 164 Å². The van der Waals surface area contributed by atoms with Gasteiger partial charge in [-0.25, -0.2) is 4.99 Å². The third-order valence-corrected chi connectivity index (χ3v) is 6.32. The number of thiazole rings is 1. The standard InChI is InChI=1S/C20H18N4O3S/c1-11(25)16-17-13-6-4-5-7-14(13)27-20(16,2)22-19-24(17)18(26)15(28-19)8-12-9-21-23(3)10-12/h4-10,16-17H,1-3H3/b15-8+/t16-,17+,20+/m1/s1. The Kier molecular flexibility index (Phi) is 3.51. The molecular weight excluding hydrogens is 376 g/mol. The molecule has 3 aromatic rings. The highest BCUT2D eigenvalue weighted by molar-refractivity contribution is 7.07. The summed E-state index contributed by atoms with van der Waals surface area (Å²) in [7, 11) is 1.83. The highest BCUT2D eigenvalue weighted by atomic mass is 32.1. The Bertz CT molecular complexity index is 1300. The van der Waals surface area contributed by atoms with Crippen LogP contribution in [0, 0.1) is 5.92 Å². The number of fused-ring (bicyclic) bond motifs is 6. The van der Waals surface area contributed by atoms with Gasteiger partial charge in [-0.3, -0.25) is 18.8 Å². The number of carbonyl (C=O) groups excluding carboxylic acids is 1. The number of carbonyl (C=O) groups is 1. The maximum Gasteiger partial charge on any atom is 0.270 e. The number of benzene rings is 1. The van der Waals surface area contributed by atoms with Crippen molar-refractivity contribution in [3.8, 4) is 5.75 Å². The number of para-hydroxylation sites is 1. The van der Waals surface area contributed by atoms with Crippen molar-refractivity contribution in [1.82, 2.24) is 14.3 Å². The van der Waals surface area contributed by atoms with E-state index in [-0.39, 0.29) is 11.3 Å². The zero-order valence-electron chi connectivity index (χ0n) is 15.6. The number of hydrogen-bond acceptors (Lipinski definition) is 6. The van der Waals surface area contributed by atoms with Crippen LogP contribution in [-0.2, 0) is 11.8 Å². The van der Waals surface area contributed by atoms with Crippen LogP contribution < -0.4 is 19.6 Å². The van der Waals surface area contributed by atoms with Crippen molar-refractivity contribution in [3.63, 3.8) is 0 Å². The van der Waals surface area contributed by atoms with Crippen molar-refractivity contribution in [2.75, 3.05) is 0 Å². The van der Waals surface area contributed by atoms with E-state index in [1.807, 2.05) is 50.5 Å². The summed E-state index contributed by atoms with van der Waals surface area (Å²) in [5, 5.41) is 4.15. The number of hydrogen-bond donors (Lipinski definition) is 0. The smallest absolute Gasteiger partial charge is 0.270 e. The van der Waals surface area contributed by atoms with Gasteiger partial charge in [0, 0.05) is 24.4 Å². The number of aromatic nitrogens is 3. The number of nitrogens with zero attached hydrogens (tertiary/aromatic N) is 4. The van der Waals surface area contributed by atoms with E-state index in [9.17, 15) is 9.59 Å². The lowest BCUT2D eigenvalue weighted by Gasteiger charge is -2.45. The summed E-state index contributed by atoms with van der Waals surface area (Å²) in [6.45, 7) is 3.36. The van der Waals surface area contributed by atoms with E-state index < -0.39 is 17.7 Å². The molecule has 142 valence electrons. The molecule has 2 bridgehead atoms. The van der Waals surface area contributed by atoms with E-state index in [1.165, 1.54) is 18.3 Å². The Morgan fingerprint density at radius 1 is 1.36 bits per heavy atom. The summed E-state index contributed by atoms with van der Waals surface area (Å²) in [6.07, 6.45) is 5.36. The summed E-state index contributed by atoms with van der Waals surface area (Å²) in [4.78, 5) is 31.2. The van der Waals surface area contributed by atoms with Crippen LogP contribution in [0.4, 0.5) is 0 Å². The fourth-order valence-corrected chi connectivity index (χ4v) is 5.32. The SMILES string of the molecule is CC(=O)[C@@H]1[C@@H]2c3ccccc3O[C@]1(C)N=c1s/c(=C/c3cnn(C)c3)c(=O)n12.